The minimum absolute atomic E-state index is 0.122. The fraction of sp³-hybridized carbons (Fsp3) is 0.160. The molecule has 6 heteroatoms. The van der Waals surface area contributed by atoms with E-state index in [1.54, 1.807) is 56.6 Å². The predicted molar refractivity (Wildman–Crippen MR) is 116 cm³/mol. The van der Waals surface area contributed by atoms with Crippen LogP contribution < -0.4 is 4.74 Å². The molecule has 0 radical (unpaired) electrons. The Morgan fingerprint density at radius 3 is 2.13 bits per heavy atom. The largest absolute Gasteiger partial charge is 0.496 e. The van der Waals surface area contributed by atoms with Gasteiger partial charge in [-0.15, -0.1) is 0 Å². The first-order valence-electron chi connectivity index (χ1n) is 9.73. The molecule has 6 nitrogen and oxygen atoms in total. The monoisotopic (exact) mass is 417 g/mol. The second-order valence-electron chi connectivity index (χ2n) is 6.88. The van der Waals surface area contributed by atoms with Crippen LogP contribution in [0, 0.1) is 0 Å². The van der Waals surface area contributed by atoms with Crippen LogP contribution in [-0.4, -0.2) is 43.3 Å². The summed E-state index contributed by atoms with van der Waals surface area (Å²) >= 11 is 0. The van der Waals surface area contributed by atoms with Crippen molar-refractivity contribution in [2.24, 2.45) is 0 Å². The highest BCUT2D eigenvalue weighted by molar-refractivity contribution is 6.14. The Morgan fingerprint density at radius 1 is 0.806 bits per heavy atom. The SMILES string of the molecule is COc1ccccc1CN(C)C(=O)COC(=O)c1ccccc1C(=O)c1ccccc1. The van der Waals surface area contributed by atoms with Gasteiger partial charge in [0.15, 0.2) is 12.4 Å². The van der Waals surface area contributed by atoms with E-state index in [0.29, 0.717) is 17.9 Å². The molecule has 3 rings (SSSR count). The van der Waals surface area contributed by atoms with Crippen molar-refractivity contribution in [2.75, 3.05) is 20.8 Å². The summed E-state index contributed by atoms with van der Waals surface area (Å²) in [5.74, 6) is -0.703. The number of amides is 1. The molecule has 0 spiro atoms. The lowest BCUT2D eigenvalue weighted by atomic mass is 9.98. The van der Waals surface area contributed by atoms with E-state index in [1.807, 2.05) is 30.3 Å². The van der Waals surface area contributed by atoms with Crippen molar-refractivity contribution in [2.45, 2.75) is 6.54 Å². The molecule has 0 heterocycles. The number of benzene rings is 3. The number of methoxy groups -OCH3 is 1. The van der Waals surface area contributed by atoms with E-state index in [9.17, 15) is 14.4 Å². The zero-order valence-corrected chi connectivity index (χ0v) is 17.4. The number of ketones is 1. The Bertz CT molecular complexity index is 1080. The topological polar surface area (TPSA) is 72.9 Å². The van der Waals surface area contributed by atoms with Gasteiger partial charge in [-0.1, -0.05) is 66.7 Å². The third-order valence-corrected chi connectivity index (χ3v) is 4.78. The molecule has 0 aliphatic heterocycles. The Labute approximate surface area is 181 Å². The molecule has 31 heavy (non-hydrogen) atoms. The number of para-hydroxylation sites is 1. The third kappa shape index (κ3) is 5.36. The number of ether oxygens (including phenoxy) is 2. The van der Waals surface area contributed by atoms with Crippen LogP contribution in [0.1, 0.15) is 31.8 Å². The van der Waals surface area contributed by atoms with E-state index < -0.39 is 12.6 Å². The number of hydrogen-bond donors (Lipinski definition) is 0. The van der Waals surface area contributed by atoms with E-state index in [4.69, 9.17) is 9.47 Å². The minimum atomic E-state index is -0.723. The Hall–Kier alpha value is -3.93. The maximum atomic E-state index is 12.8. The van der Waals surface area contributed by atoms with E-state index in [0.717, 1.165) is 5.56 Å². The summed E-state index contributed by atoms with van der Waals surface area (Å²) in [6.45, 7) is -0.123. The summed E-state index contributed by atoms with van der Waals surface area (Å²) in [6.07, 6.45) is 0. The van der Waals surface area contributed by atoms with Gasteiger partial charge in [-0.2, -0.15) is 0 Å². The first-order chi connectivity index (χ1) is 15.0. The zero-order chi connectivity index (χ0) is 22.2. The molecule has 0 unspecified atom stereocenters. The van der Waals surface area contributed by atoms with Crippen LogP contribution in [0.2, 0.25) is 0 Å². The lowest BCUT2D eigenvalue weighted by molar-refractivity contribution is -0.133. The molecule has 1 amide bonds. The number of carbonyl (C=O) groups is 3. The summed E-state index contributed by atoms with van der Waals surface area (Å²) < 4.78 is 10.5. The lowest BCUT2D eigenvalue weighted by Gasteiger charge is -2.19. The van der Waals surface area contributed by atoms with Gasteiger partial charge in [0.05, 0.1) is 12.7 Å². The second-order valence-corrected chi connectivity index (χ2v) is 6.88. The average Bonchev–Trinajstić information content (AvgIpc) is 2.82. The van der Waals surface area contributed by atoms with Crippen LogP contribution in [0.3, 0.4) is 0 Å². The number of likely N-dealkylation sites (N-methyl/N-ethyl adjacent to an activating group) is 1. The van der Waals surface area contributed by atoms with E-state index >= 15 is 0 Å². The van der Waals surface area contributed by atoms with Gasteiger partial charge in [-0.25, -0.2) is 4.79 Å². The minimum Gasteiger partial charge on any atom is -0.496 e. The number of esters is 1. The van der Waals surface area contributed by atoms with Crippen molar-refractivity contribution < 1.29 is 23.9 Å². The van der Waals surface area contributed by atoms with Gasteiger partial charge in [0.1, 0.15) is 5.75 Å². The van der Waals surface area contributed by atoms with Gasteiger partial charge < -0.3 is 14.4 Å². The molecule has 0 atom stereocenters. The Kier molecular flexibility index (Phi) is 7.17. The zero-order valence-electron chi connectivity index (χ0n) is 17.4. The van der Waals surface area contributed by atoms with Gasteiger partial charge in [-0.3, -0.25) is 9.59 Å². The van der Waals surface area contributed by atoms with E-state index in [1.165, 1.54) is 11.0 Å². The first kappa shape index (κ1) is 21.8. The predicted octanol–water partition coefficient (Wildman–Crippen LogP) is 3.74. The quantitative estimate of drug-likeness (QED) is 0.412. The molecule has 0 bridgehead atoms. The maximum Gasteiger partial charge on any atom is 0.339 e. The van der Waals surface area contributed by atoms with Crippen molar-refractivity contribution in [3.63, 3.8) is 0 Å². The molecule has 0 aliphatic carbocycles. The second kappa shape index (κ2) is 10.2. The molecule has 0 N–H and O–H groups in total. The van der Waals surface area contributed by atoms with Crippen LogP contribution >= 0.6 is 0 Å². The van der Waals surface area contributed by atoms with E-state index in [-0.39, 0.29) is 22.8 Å². The van der Waals surface area contributed by atoms with Crippen molar-refractivity contribution in [3.8, 4) is 5.75 Å². The molecule has 0 aliphatic rings. The molecule has 0 fully saturated rings. The summed E-state index contributed by atoms with van der Waals surface area (Å²) in [5, 5.41) is 0. The van der Waals surface area contributed by atoms with Gasteiger partial charge >= 0.3 is 5.97 Å². The number of carbonyl (C=O) groups excluding carboxylic acids is 3. The van der Waals surface area contributed by atoms with Crippen molar-refractivity contribution >= 4 is 17.7 Å². The van der Waals surface area contributed by atoms with Crippen LogP contribution in [0.5, 0.6) is 5.75 Å². The van der Waals surface area contributed by atoms with Crippen LogP contribution in [0.15, 0.2) is 78.9 Å². The highest BCUT2D eigenvalue weighted by Gasteiger charge is 2.20. The molecular formula is C25H23NO5. The summed E-state index contributed by atoms with van der Waals surface area (Å²) in [7, 11) is 3.19. The number of rotatable bonds is 8. The number of hydrogen-bond acceptors (Lipinski definition) is 5. The van der Waals surface area contributed by atoms with Crippen LogP contribution in [0.4, 0.5) is 0 Å². The van der Waals surface area contributed by atoms with E-state index in [2.05, 4.69) is 0 Å². The summed E-state index contributed by atoms with van der Waals surface area (Å²) in [6, 6.07) is 22.5. The summed E-state index contributed by atoms with van der Waals surface area (Å²) in [4.78, 5) is 39.3. The molecule has 3 aromatic carbocycles. The molecule has 0 aromatic heterocycles. The smallest absolute Gasteiger partial charge is 0.339 e. The highest BCUT2D eigenvalue weighted by atomic mass is 16.5. The molecular weight excluding hydrogens is 394 g/mol. The Morgan fingerprint density at radius 2 is 1.42 bits per heavy atom. The molecule has 3 aromatic rings. The average molecular weight is 417 g/mol. The maximum absolute atomic E-state index is 12.8. The number of nitrogens with zero attached hydrogens (tertiary/aromatic N) is 1. The third-order valence-electron chi connectivity index (χ3n) is 4.78. The van der Waals surface area contributed by atoms with Gasteiger partial charge in [0, 0.05) is 30.3 Å². The van der Waals surface area contributed by atoms with Gasteiger partial charge in [0.2, 0.25) is 0 Å². The highest BCUT2D eigenvalue weighted by Crippen LogP contribution is 2.19. The molecule has 158 valence electrons. The van der Waals surface area contributed by atoms with Crippen LogP contribution in [-0.2, 0) is 16.1 Å². The first-order valence-corrected chi connectivity index (χ1v) is 9.73. The summed E-state index contributed by atoms with van der Waals surface area (Å²) in [5.41, 5.74) is 1.66. The molecule has 0 saturated carbocycles. The molecule has 0 saturated heterocycles. The lowest BCUT2D eigenvalue weighted by Crippen LogP contribution is -2.31. The fourth-order valence-corrected chi connectivity index (χ4v) is 3.10. The standard InChI is InChI=1S/C25H23NO5/c1-26(16-19-12-6-9-15-22(19)30-2)23(27)17-31-25(29)21-14-8-7-13-20(21)24(28)18-10-4-3-5-11-18/h3-15H,16-17H2,1-2H3. The normalized spacial score (nSPS) is 10.3. The Balaban J connectivity index is 1.66. The van der Waals surface area contributed by atoms with Gasteiger partial charge in [0.25, 0.3) is 5.91 Å². The van der Waals surface area contributed by atoms with Gasteiger partial charge in [-0.05, 0) is 12.1 Å². The van der Waals surface area contributed by atoms with Crippen molar-refractivity contribution in [1.29, 1.82) is 0 Å². The van der Waals surface area contributed by atoms with Crippen molar-refractivity contribution in [1.82, 2.24) is 4.90 Å². The van der Waals surface area contributed by atoms with Crippen molar-refractivity contribution in [3.05, 3.63) is 101 Å². The van der Waals surface area contributed by atoms with Crippen LogP contribution in [0.25, 0.3) is 0 Å². The fourth-order valence-electron chi connectivity index (χ4n) is 3.10.